The van der Waals surface area contributed by atoms with Gasteiger partial charge < -0.3 is 10.2 Å². The molecule has 1 aromatic rings. The van der Waals surface area contributed by atoms with Gasteiger partial charge in [0.05, 0.1) is 5.69 Å². The normalized spacial score (nSPS) is 17.2. The highest BCUT2D eigenvalue weighted by atomic mass is 15.1. The van der Waals surface area contributed by atoms with Gasteiger partial charge in [-0.25, -0.2) is 0 Å². The highest BCUT2D eigenvalue weighted by Gasteiger charge is 2.10. The van der Waals surface area contributed by atoms with Crippen LogP contribution in [0.4, 0.5) is 5.69 Å². The number of nitrogens with one attached hydrogen (secondary N) is 1. The molecular weight excluding hydrogens is 198 g/mol. The second kappa shape index (κ2) is 5.85. The quantitative estimate of drug-likeness (QED) is 0.844. The molecule has 0 amide bonds. The van der Waals surface area contributed by atoms with Gasteiger partial charge in [-0.2, -0.15) is 0 Å². The van der Waals surface area contributed by atoms with Crippen LogP contribution < -0.4 is 10.2 Å². The maximum atomic E-state index is 4.36. The van der Waals surface area contributed by atoms with Gasteiger partial charge in [-0.05, 0) is 32.0 Å². The van der Waals surface area contributed by atoms with Gasteiger partial charge in [0.1, 0.15) is 0 Å². The maximum absolute atomic E-state index is 4.36. The van der Waals surface area contributed by atoms with E-state index in [0.717, 1.165) is 12.2 Å². The number of nitrogens with zero attached hydrogens (tertiary/aromatic N) is 2. The molecular formula is C13H21N3. The first-order valence-electron chi connectivity index (χ1n) is 6.24. The third-order valence-electron chi connectivity index (χ3n) is 3.13. The van der Waals surface area contributed by atoms with Crippen molar-refractivity contribution in [1.29, 1.82) is 0 Å². The van der Waals surface area contributed by atoms with Crippen LogP contribution in [0.15, 0.2) is 18.3 Å². The fraction of sp³-hybridized carbons (Fsp3) is 0.615. The largest absolute Gasteiger partial charge is 0.371 e. The summed E-state index contributed by atoms with van der Waals surface area (Å²) in [6.45, 7) is 3.24. The summed E-state index contributed by atoms with van der Waals surface area (Å²) in [5.74, 6) is 0. The second-order valence-electron chi connectivity index (χ2n) is 4.44. The molecule has 0 bridgehead atoms. The standard InChI is InChI=1S/C13H21N3/c1-14-11-12-10-13(6-7-15-12)16-8-4-2-3-5-9-16/h6-7,10,14H,2-5,8-9,11H2,1H3. The molecule has 1 aromatic heterocycles. The Labute approximate surface area is 97.9 Å². The Bertz CT molecular complexity index is 317. The molecule has 1 aliphatic rings. The molecule has 1 aliphatic heterocycles. The average Bonchev–Trinajstić information content (AvgIpc) is 2.58. The minimum atomic E-state index is 0.849. The van der Waals surface area contributed by atoms with Crippen molar-refractivity contribution in [3.05, 3.63) is 24.0 Å². The van der Waals surface area contributed by atoms with Gasteiger partial charge in [-0.15, -0.1) is 0 Å². The topological polar surface area (TPSA) is 28.2 Å². The summed E-state index contributed by atoms with van der Waals surface area (Å²) >= 11 is 0. The molecule has 3 heteroatoms. The summed E-state index contributed by atoms with van der Waals surface area (Å²) in [6, 6.07) is 4.34. The summed E-state index contributed by atoms with van der Waals surface area (Å²) in [5.41, 5.74) is 2.46. The van der Waals surface area contributed by atoms with Gasteiger partial charge in [0, 0.05) is 31.5 Å². The van der Waals surface area contributed by atoms with E-state index in [4.69, 9.17) is 0 Å². The number of pyridine rings is 1. The molecule has 0 aromatic carbocycles. The van der Waals surface area contributed by atoms with Crippen LogP contribution in [-0.4, -0.2) is 25.1 Å². The van der Waals surface area contributed by atoms with Crippen LogP contribution in [0, 0.1) is 0 Å². The van der Waals surface area contributed by atoms with Gasteiger partial charge in [0.25, 0.3) is 0 Å². The average molecular weight is 219 g/mol. The van der Waals surface area contributed by atoms with E-state index in [2.05, 4.69) is 27.3 Å². The predicted molar refractivity (Wildman–Crippen MR) is 67.7 cm³/mol. The zero-order chi connectivity index (χ0) is 11.2. The van der Waals surface area contributed by atoms with E-state index in [1.807, 2.05) is 13.2 Å². The van der Waals surface area contributed by atoms with E-state index < -0.39 is 0 Å². The van der Waals surface area contributed by atoms with Crippen LogP contribution in [0.5, 0.6) is 0 Å². The van der Waals surface area contributed by atoms with Gasteiger partial charge in [-0.3, -0.25) is 4.98 Å². The van der Waals surface area contributed by atoms with Gasteiger partial charge in [0.15, 0.2) is 0 Å². The van der Waals surface area contributed by atoms with Crippen LogP contribution in [0.25, 0.3) is 0 Å². The van der Waals surface area contributed by atoms with E-state index >= 15 is 0 Å². The van der Waals surface area contributed by atoms with Crippen molar-refractivity contribution in [3.8, 4) is 0 Å². The SMILES string of the molecule is CNCc1cc(N2CCCCCC2)ccn1. The van der Waals surface area contributed by atoms with E-state index in [9.17, 15) is 0 Å². The molecule has 0 atom stereocenters. The fourth-order valence-electron chi connectivity index (χ4n) is 2.27. The van der Waals surface area contributed by atoms with Crippen LogP contribution in [0.2, 0.25) is 0 Å². The lowest BCUT2D eigenvalue weighted by molar-refractivity contribution is 0.726. The summed E-state index contributed by atoms with van der Waals surface area (Å²) < 4.78 is 0. The lowest BCUT2D eigenvalue weighted by Gasteiger charge is -2.22. The number of rotatable bonds is 3. The Morgan fingerprint density at radius 1 is 1.25 bits per heavy atom. The molecule has 2 rings (SSSR count). The Kier molecular flexibility index (Phi) is 4.17. The molecule has 88 valence electrons. The van der Waals surface area contributed by atoms with E-state index in [-0.39, 0.29) is 0 Å². The fourth-order valence-corrected chi connectivity index (χ4v) is 2.27. The number of aromatic nitrogens is 1. The molecule has 0 saturated carbocycles. The maximum Gasteiger partial charge on any atom is 0.0562 e. The van der Waals surface area contributed by atoms with Gasteiger partial charge in [-0.1, -0.05) is 12.8 Å². The second-order valence-corrected chi connectivity index (χ2v) is 4.44. The third-order valence-corrected chi connectivity index (χ3v) is 3.13. The van der Waals surface area contributed by atoms with Gasteiger partial charge >= 0.3 is 0 Å². The number of hydrogen-bond acceptors (Lipinski definition) is 3. The van der Waals surface area contributed by atoms with Crippen LogP contribution in [0.1, 0.15) is 31.4 Å². The van der Waals surface area contributed by atoms with Crippen LogP contribution in [0.3, 0.4) is 0 Å². The highest BCUT2D eigenvalue weighted by Crippen LogP contribution is 2.19. The molecule has 16 heavy (non-hydrogen) atoms. The molecule has 0 radical (unpaired) electrons. The summed E-state index contributed by atoms with van der Waals surface area (Å²) in [7, 11) is 1.96. The molecule has 0 aliphatic carbocycles. The number of hydrogen-bond donors (Lipinski definition) is 1. The van der Waals surface area contributed by atoms with Crippen molar-refractivity contribution in [2.45, 2.75) is 32.2 Å². The number of anilines is 1. The van der Waals surface area contributed by atoms with E-state index in [0.29, 0.717) is 0 Å². The molecule has 3 nitrogen and oxygen atoms in total. The highest BCUT2D eigenvalue weighted by molar-refractivity contribution is 5.46. The van der Waals surface area contributed by atoms with Gasteiger partial charge in [0.2, 0.25) is 0 Å². The van der Waals surface area contributed by atoms with Crippen LogP contribution in [-0.2, 0) is 6.54 Å². The first-order chi connectivity index (χ1) is 7.90. The van der Waals surface area contributed by atoms with Crippen molar-refractivity contribution in [1.82, 2.24) is 10.3 Å². The minimum absolute atomic E-state index is 0.849. The van der Waals surface area contributed by atoms with Crippen molar-refractivity contribution in [2.24, 2.45) is 0 Å². The zero-order valence-electron chi connectivity index (χ0n) is 10.1. The molecule has 2 heterocycles. The first kappa shape index (κ1) is 11.4. The molecule has 1 saturated heterocycles. The van der Waals surface area contributed by atoms with Crippen molar-refractivity contribution in [2.75, 3.05) is 25.0 Å². The van der Waals surface area contributed by atoms with Crippen molar-refractivity contribution >= 4 is 5.69 Å². The molecule has 1 fully saturated rings. The Hall–Kier alpha value is -1.09. The lowest BCUT2D eigenvalue weighted by Crippen LogP contribution is -2.24. The van der Waals surface area contributed by atoms with Crippen molar-refractivity contribution < 1.29 is 0 Å². The van der Waals surface area contributed by atoms with E-state index in [1.165, 1.54) is 44.5 Å². The lowest BCUT2D eigenvalue weighted by atomic mass is 10.2. The third kappa shape index (κ3) is 2.95. The molecule has 0 spiro atoms. The molecule has 0 unspecified atom stereocenters. The monoisotopic (exact) mass is 219 g/mol. The molecule has 1 N–H and O–H groups in total. The van der Waals surface area contributed by atoms with Crippen molar-refractivity contribution in [3.63, 3.8) is 0 Å². The summed E-state index contributed by atoms with van der Waals surface area (Å²) in [4.78, 5) is 6.85. The summed E-state index contributed by atoms with van der Waals surface area (Å²) in [6.07, 6.45) is 7.33. The zero-order valence-corrected chi connectivity index (χ0v) is 10.1. The first-order valence-corrected chi connectivity index (χ1v) is 6.24. The Morgan fingerprint density at radius 3 is 2.69 bits per heavy atom. The van der Waals surface area contributed by atoms with Crippen LogP contribution >= 0.6 is 0 Å². The Balaban J connectivity index is 2.08. The predicted octanol–water partition coefficient (Wildman–Crippen LogP) is 2.18. The van der Waals surface area contributed by atoms with E-state index in [1.54, 1.807) is 0 Å². The smallest absolute Gasteiger partial charge is 0.0562 e. The minimum Gasteiger partial charge on any atom is -0.371 e. The Morgan fingerprint density at radius 2 is 2.00 bits per heavy atom. The summed E-state index contributed by atoms with van der Waals surface area (Å²) in [5, 5.41) is 3.15.